The van der Waals surface area contributed by atoms with Crippen LogP contribution in [0.1, 0.15) is 59.3 Å². The molecule has 1 fully saturated rings. The molecule has 0 radical (unpaired) electrons. The van der Waals surface area contributed by atoms with Gasteiger partial charge in [0, 0.05) is 6.92 Å². The number of carbonyl (C=O) groups excluding carboxylic acids is 1. The van der Waals surface area contributed by atoms with E-state index in [0.717, 1.165) is 19.3 Å². The molecule has 6 atom stereocenters. The fourth-order valence-electron chi connectivity index (χ4n) is 2.92. The maximum absolute atomic E-state index is 11.4. The van der Waals surface area contributed by atoms with Crippen LogP contribution < -0.4 is 5.32 Å². The van der Waals surface area contributed by atoms with Crippen LogP contribution in [0.25, 0.3) is 0 Å². The van der Waals surface area contributed by atoms with Crippen LogP contribution in [0.5, 0.6) is 0 Å². The fourth-order valence-corrected chi connectivity index (χ4v) is 2.92. The predicted octanol–water partition coefficient (Wildman–Crippen LogP) is 0.696. The van der Waals surface area contributed by atoms with E-state index in [2.05, 4.69) is 12.2 Å². The molecule has 1 amide bonds. The molecule has 7 nitrogen and oxygen atoms in total. The van der Waals surface area contributed by atoms with Crippen molar-refractivity contribution in [1.82, 2.24) is 5.32 Å². The third-order valence-corrected chi connectivity index (χ3v) is 4.33. The molecule has 0 aromatic carbocycles. The van der Waals surface area contributed by atoms with Gasteiger partial charge in [0.2, 0.25) is 5.91 Å². The number of amides is 1. The van der Waals surface area contributed by atoms with Crippen molar-refractivity contribution in [3.05, 3.63) is 0 Å². The van der Waals surface area contributed by atoms with E-state index in [1.807, 2.05) is 6.92 Å². The maximum Gasteiger partial charge on any atom is 0.217 e. The second-order valence-corrected chi connectivity index (χ2v) is 6.58. The molecule has 1 aliphatic rings. The highest BCUT2D eigenvalue weighted by atomic mass is 16.7. The number of aliphatic hydroxyl groups excluding tert-OH is 3. The number of nitrogens with one attached hydrogen (secondary N) is 1. The molecule has 0 aromatic heterocycles. The van der Waals surface area contributed by atoms with Crippen LogP contribution in [0, 0.1) is 0 Å². The first-order chi connectivity index (χ1) is 11.4. The normalized spacial score (nSPS) is 31.7. The third-order valence-electron chi connectivity index (χ3n) is 4.33. The number of rotatable bonds is 10. The molecule has 1 saturated heterocycles. The Balaban J connectivity index is 2.57. The lowest BCUT2D eigenvalue weighted by Crippen LogP contribution is -2.64. The van der Waals surface area contributed by atoms with Crippen LogP contribution in [-0.2, 0) is 14.3 Å². The predicted molar refractivity (Wildman–Crippen MR) is 89.3 cm³/mol. The minimum absolute atomic E-state index is 0.116. The number of aliphatic hydroxyl groups is 3. The summed E-state index contributed by atoms with van der Waals surface area (Å²) in [6, 6.07) is -0.872. The summed E-state index contributed by atoms with van der Waals surface area (Å²) < 4.78 is 11.4. The molecule has 24 heavy (non-hydrogen) atoms. The lowest BCUT2D eigenvalue weighted by molar-refractivity contribution is -0.280. The van der Waals surface area contributed by atoms with E-state index in [9.17, 15) is 20.1 Å². The van der Waals surface area contributed by atoms with Crippen LogP contribution in [0.2, 0.25) is 0 Å². The lowest BCUT2D eigenvalue weighted by Gasteiger charge is -2.43. The van der Waals surface area contributed by atoms with Gasteiger partial charge in [-0.25, -0.2) is 0 Å². The molecule has 0 saturated carbocycles. The van der Waals surface area contributed by atoms with E-state index < -0.39 is 37.3 Å². The molecule has 0 aromatic rings. The van der Waals surface area contributed by atoms with Gasteiger partial charge in [-0.15, -0.1) is 0 Å². The Bertz CT molecular complexity index is 367. The molecule has 1 aliphatic heterocycles. The maximum atomic E-state index is 11.4. The smallest absolute Gasteiger partial charge is 0.217 e. The zero-order valence-corrected chi connectivity index (χ0v) is 15.0. The second kappa shape index (κ2) is 11.0. The first kappa shape index (κ1) is 21.3. The summed E-state index contributed by atoms with van der Waals surface area (Å²) in [7, 11) is 0. The van der Waals surface area contributed by atoms with Crippen molar-refractivity contribution >= 4 is 5.91 Å². The Morgan fingerprint density at radius 2 is 1.88 bits per heavy atom. The Labute approximate surface area is 144 Å². The van der Waals surface area contributed by atoms with Gasteiger partial charge in [0.1, 0.15) is 24.4 Å². The Morgan fingerprint density at radius 1 is 1.21 bits per heavy atom. The molecule has 6 unspecified atom stereocenters. The van der Waals surface area contributed by atoms with Gasteiger partial charge < -0.3 is 30.1 Å². The molecule has 0 aliphatic carbocycles. The van der Waals surface area contributed by atoms with Gasteiger partial charge in [-0.05, 0) is 13.3 Å². The number of hydrogen-bond acceptors (Lipinski definition) is 6. The number of carbonyl (C=O) groups is 1. The van der Waals surface area contributed by atoms with Gasteiger partial charge in [-0.3, -0.25) is 4.79 Å². The fraction of sp³-hybridized carbons (Fsp3) is 0.941. The minimum Gasteiger partial charge on any atom is -0.394 e. The van der Waals surface area contributed by atoms with Crippen LogP contribution in [0.15, 0.2) is 0 Å². The number of hydrogen-bond donors (Lipinski definition) is 4. The van der Waals surface area contributed by atoms with Gasteiger partial charge in [-0.2, -0.15) is 0 Å². The van der Waals surface area contributed by atoms with Gasteiger partial charge in [0.05, 0.1) is 12.7 Å². The SMILES string of the molecule is CCCCCCCC(C)OC1OC(CO)C(O)C(O)C1NC(C)=O. The van der Waals surface area contributed by atoms with Crippen molar-refractivity contribution in [2.75, 3.05) is 6.61 Å². The van der Waals surface area contributed by atoms with E-state index in [-0.39, 0.29) is 12.0 Å². The molecule has 142 valence electrons. The van der Waals surface area contributed by atoms with Crippen LogP contribution >= 0.6 is 0 Å². The Morgan fingerprint density at radius 3 is 2.46 bits per heavy atom. The van der Waals surface area contributed by atoms with Crippen LogP contribution in [-0.4, -0.2) is 64.6 Å². The van der Waals surface area contributed by atoms with E-state index in [1.165, 1.54) is 26.2 Å². The van der Waals surface area contributed by atoms with Gasteiger partial charge in [0.15, 0.2) is 6.29 Å². The van der Waals surface area contributed by atoms with Gasteiger partial charge in [0.25, 0.3) is 0 Å². The zero-order valence-electron chi connectivity index (χ0n) is 15.0. The highest BCUT2D eigenvalue weighted by Gasteiger charge is 2.45. The summed E-state index contributed by atoms with van der Waals surface area (Å²) in [4.78, 5) is 11.4. The molecule has 7 heteroatoms. The molecule has 1 rings (SSSR count). The van der Waals surface area contributed by atoms with E-state index in [0.29, 0.717) is 0 Å². The lowest BCUT2D eigenvalue weighted by atomic mass is 9.97. The average molecular weight is 347 g/mol. The van der Waals surface area contributed by atoms with Crippen LogP contribution in [0.4, 0.5) is 0 Å². The molecule has 1 heterocycles. The third kappa shape index (κ3) is 6.64. The first-order valence-corrected chi connectivity index (χ1v) is 8.95. The largest absolute Gasteiger partial charge is 0.394 e. The molecule has 0 spiro atoms. The van der Waals surface area contributed by atoms with Crippen molar-refractivity contribution in [2.45, 2.75) is 96.0 Å². The molecular formula is C17H33NO6. The minimum atomic E-state index is -1.28. The topological polar surface area (TPSA) is 108 Å². The highest BCUT2D eigenvalue weighted by Crippen LogP contribution is 2.24. The van der Waals surface area contributed by atoms with Crippen molar-refractivity contribution < 1.29 is 29.6 Å². The van der Waals surface area contributed by atoms with E-state index >= 15 is 0 Å². The Hall–Kier alpha value is -0.730. The molecular weight excluding hydrogens is 314 g/mol. The summed E-state index contributed by atoms with van der Waals surface area (Å²) in [5.41, 5.74) is 0. The van der Waals surface area contributed by atoms with Crippen LogP contribution in [0.3, 0.4) is 0 Å². The number of unbranched alkanes of at least 4 members (excludes halogenated alkanes) is 4. The molecule has 0 bridgehead atoms. The highest BCUT2D eigenvalue weighted by molar-refractivity contribution is 5.73. The standard InChI is InChI=1S/C17H33NO6/c1-4-5-6-7-8-9-11(2)23-17-14(18-12(3)20)16(22)15(21)13(10-19)24-17/h11,13-17,19,21-22H,4-10H2,1-3H3,(H,18,20). The van der Waals surface area contributed by atoms with E-state index in [1.54, 1.807) is 0 Å². The summed E-state index contributed by atoms with van der Waals surface area (Å²) in [6.07, 6.45) is 2.15. The zero-order chi connectivity index (χ0) is 18.1. The van der Waals surface area contributed by atoms with Crippen molar-refractivity contribution in [3.8, 4) is 0 Å². The molecule has 4 N–H and O–H groups in total. The summed E-state index contributed by atoms with van der Waals surface area (Å²) in [6.45, 7) is 4.98. The van der Waals surface area contributed by atoms with Crippen molar-refractivity contribution in [2.24, 2.45) is 0 Å². The summed E-state index contributed by atoms with van der Waals surface area (Å²) >= 11 is 0. The first-order valence-electron chi connectivity index (χ1n) is 8.95. The van der Waals surface area contributed by atoms with Gasteiger partial charge >= 0.3 is 0 Å². The van der Waals surface area contributed by atoms with Crippen molar-refractivity contribution in [1.29, 1.82) is 0 Å². The number of ether oxygens (including phenoxy) is 2. The second-order valence-electron chi connectivity index (χ2n) is 6.58. The van der Waals surface area contributed by atoms with E-state index in [4.69, 9.17) is 9.47 Å². The monoisotopic (exact) mass is 347 g/mol. The van der Waals surface area contributed by atoms with Crippen molar-refractivity contribution in [3.63, 3.8) is 0 Å². The average Bonchev–Trinajstić information content (AvgIpc) is 2.53. The quantitative estimate of drug-likeness (QED) is 0.433. The Kier molecular flexibility index (Phi) is 9.76. The summed E-state index contributed by atoms with van der Waals surface area (Å²) in [5, 5.41) is 32.0. The summed E-state index contributed by atoms with van der Waals surface area (Å²) in [5.74, 6) is -0.349. The van der Waals surface area contributed by atoms with Gasteiger partial charge in [-0.1, -0.05) is 39.0 Å².